The molecular formula is C18H20N2O4. The minimum Gasteiger partial charge on any atom is -0.492 e. The number of amides is 2. The third kappa shape index (κ3) is 4.32. The molecule has 0 unspecified atom stereocenters. The van der Waals surface area contributed by atoms with Gasteiger partial charge in [0.15, 0.2) is 11.5 Å². The SMILES string of the molecule is Cc1ccc(CNC(=O)NCCOc2ccc3c(c2)OCO3)cc1. The fraction of sp³-hybridized carbons (Fsp3) is 0.278. The van der Waals surface area contributed by atoms with Crippen LogP contribution in [0.5, 0.6) is 17.2 Å². The molecule has 1 aliphatic rings. The fourth-order valence-electron chi connectivity index (χ4n) is 2.25. The third-order valence-electron chi connectivity index (χ3n) is 3.57. The van der Waals surface area contributed by atoms with Crippen LogP contribution in [0.2, 0.25) is 0 Å². The van der Waals surface area contributed by atoms with Crippen molar-refractivity contribution in [2.75, 3.05) is 19.9 Å². The summed E-state index contributed by atoms with van der Waals surface area (Å²) in [6, 6.07) is 13.2. The van der Waals surface area contributed by atoms with E-state index in [1.54, 1.807) is 12.1 Å². The molecule has 24 heavy (non-hydrogen) atoms. The molecule has 6 heteroatoms. The molecule has 0 aromatic heterocycles. The maximum Gasteiger partial charge on any atom is 0.315 e. The van der Waals surface area contributed by atoms with Gasteiger partial charge in [-0.2, -0.15) is 0 Å². The first-order valence-electron chi connectivity index (χ1n) is 7.80. The zero-order valence-electron chi connectivity index (χ0n) is 13.5. The van der Waals surface area contributed by atoms with E-state index in [1.807, 2.05) is 37.3 Å². The van der Waals surface area contributed by atoms with Crippen LogP contribution < -0.4 is 24.8 Å². The van der Waals surface area contributed by atoms with Crippen molar-refractivity contribution in [2.45, 2.75) is 13.5 Å². The van der Waals surface area contributed by atoms with Gasteiger partial charge in [0, 0.05) is 12.6 Å². The normalized spacial score (nSPS) is 11.9. The summed E-state index contributed by atoms with van der Waals surface area (Å²) in [6.07, 6.45) is 0. The Morgan fingerprint density at radius 3 is 2.71 bits per heavy atom. The molecule has 2 aromatic rings. The van der Waals surface area contributed by atoms with Crippen LogP contribution in [0.25, 0.3) is 0 Å². The first-order chi connectivity index (χ1) is 11.7. The molecule has 2 N–H and O–H groups in total. The van der Waals surface area contributed by atoms with Gasteiger partial charge >= 0.3 is 6.03 Å². The first-order valence-corrected chi connectivity index (χ1v) is 7.80. The molecule has 0 aliphatic carbocycles. The number of carbonyl (C=O) groups is 1. The number of aryl methyl sites for hydroxylation is 1. The van der Waals surface area contributed by atoms with E-state index in [2.05, 4.69) is 10.6 Å². The molecule has 0 fully saturated rings. The van der Waals surface area contributed by atoms with Gasteiger partial charge in [-0.3, -0.25) is 0 Å². The van der Waals surface area contributed by atoms with Crippen molar-refractivity contribution >= 4 is 6.03 Å². The molecule has 0 atom stereocenters. The van der Waals surface area contributed by atoms with Gasteiger partial charge in [0.2, 0.25) is 6.79 Å². The Hall–Kier alpha value is -2.89. The van der Waals surface area contributed by atoms with Gasteiger partial charge in [-0.05, 0) is 24.6 Å². The predicted octanol–water partition coefficient (Wildman–Crippen LogP) is 2.60. The van der Waals surface area contributed by atoms with E-state index in [0.717, 1.165) is 11.3 Å². The molecule has 6 nitrogen and oxygen atoms in total. The predicted molar refractivity (Wildman–Crippen MR) is 89.5 cm³/mol. The average Bonchev–Trinajstić information content (AvgIpc) is 3.06. The van der Waals surface area contributed by atoms with Crippen LogP contribution in [0.15, 0.2) is 42.5 Å². The number of benzene rings is 2. The van der Waals surface area contributed by atoms with Gasteiger partial charge in [-0.1, -0.05) is 29.8 Å². The van der Waals surface area contributed by atoms with Crippen LogP contribution in [0.4, 0.5) is 4.79 Å². The van der Waals surface area contributed by atoms with Gasteiger partial charge < -0.3 is 24.8 Å². The van der Waals surface area contributed by atoms with Crippen molar-refractivity contribution in [3.63, 3.8) is 0 Å². The molecule has 2 amide bonds. The maximum atomic E-state index is 11.7. The van der Waals surface area contributed by atoms with E-state index < -0.39 is 0 Å². The summed E-state index contributed by atoms with van der Waals surface area (Å²) in [5.41, 5.74) is 2.26. The van der Waals surface area contributed by atoms with Crippen molar-refractivity contribution in [3.05, 3.63) is 53.6 Å². The second kappa shape index (κ2) is 7.59. The molecular weight excluding hydrogens is 308 g/mol. The van der Waals surface area contributed by atoms with Crippen LogP contribution in [-0.4, -0.2) is 26.0 Å². The Morgan fingerprint density at radius 1 is 1.08 bits per heavy atom. The monoisotopic (exact) mass is 328 g/mol. The molecule has 0 spiro atoms. The Labute approximate surface area is 140 Å². The second-order valence-electron chi connectivity index (χ2n) is 5.46. The minimum absolute atomic E-state index is 0.218. The lowest BCUT2D eigenvalue weighted by atomic mass is 10.1. The number of hydrogen-bond acceptors (Lipinski definition) is 4. The lowest BCUT2D eigenvalue weighted by molar-refractivity contribution is 0.173. The van der Waals surface area contributed by atoms with Gasteiger partial charge in [-0.25, -0.2) is 4.79 Å². The largest absolute Gasteiger partial charge is 0.492 e. The Morgan fingerprint density at radius 2 is 1.88 bits per heavy atom. The summed E-state index contributed by atoms with van der Waals surface area (Å²) in [6.45, 7) is 3.55. The Balaban J connectivity index is 1.34. The zero-order chi connectivity index (χ0) is 16.8. The number of ether oxygens (including phenoxy) is 3. The molecule has 0 saturated carbocycles. The van der Waals surface area contributed by atoms with Crippen molar-refractivity contribution in [3.8, 4) is 17.2 Å². The van der Waals surface area contributed by atoms with Crippen molar-refractivity contribution in [1.29, 1.82) is 0 Å². The van der Waals surface area contributed by atoms with E-state index in [0.29, 0.717) is 31.2 Å². The zero-order valence-corrected chi connectivity index (χ0v) is 13.5. The highest BCUT2D eigenvalue weighted by atomic mass is 16.7. The summed E-state index contributed by atoms with van der Waals surface area (Å²) in [4.78, 5) is 11.7. The summed E-state index contributed by atoms with van der Waals surface area (Å²) >= 11 is 0. The van der Waals surface area contributed by atoms with Gasteiger partial charge in [0.05, 0.1) is 6.54 Å². The lowest BCUT2D eigenvalue weighted by Crippen LogP contribution is -2.37. The van der Waals surface area contributed by atoms with Crippen molar-refractivity contribution in [1.82, 2.24) is 10.6 Å². The molecule has 0 bridgehead atoms. The smallest absolute Gasteiger partial charge is 0.315 e. The molecule has 1 heterocycles. The highest BCUT2D eigenvalue weighted by molar-refractivity contribution is 5.73. The maximum absolute atomic E-state index is 11.7. The molecule has 2 aromatic carbocycles. The minimum atomic E-state index is -0.218. The molecule has 3 rings (SSSR count). The summed E-state index contributed by atoms with van der Waals surface area (Å²) < 4.78 is 16.1. The van der Waals surface area contributed by atoms with E-state index in [-0.39, 0.29) is 12.8 Å². The summed E-state index contributed by atoms with van der Waals surface area (Å²) in [7, 11) is 0. The fourth-order valence-corrected chi connectivity index (χ4v) is 2.25. The summed E-state index contributed by atoms with van der Waals surface area (Å²) in [5.74, 6) is 2.08. The van der Waals surface area contributed by atoms with Crippen molar-refractivity contribution in [2.24, 2.45) is 0 Å². The van der Waals surface area contributed by atoms with Crippen LogP contribution in [-0.2, 0) is 6.54 Å². The standard InChI is InChI=1S/C18H20N2O4/c1-13-2-4-14(5-3-13)11-20-18(21)19-8-9-22-15-6-7-16-17(10-15)24-12-23-16/h2-7,10H,8-9,11-12H2,1H3,(H2,19,20,21). The number of nitrogens with one attached hydrogen (secondary N) is 2. The number of urea groups is 1. The molecule has 126 valence electrons. The summed E-state index contributed by atoms with van der Waals surface area (Å²) in [5, 5.41) is 5.56. The number of fused-ring (bicyclic) bond motifs is 1. The Kier molecular flexibility index (Phi) is 5.05. The van der Waals surface area contributed by atoms with Gasteiger partial charge in [0.1, 0.15) is 12.4 Å². The molecule has 0 radical (unpaired) electrons. The highest BCUT2D eigenvalue weighted by Gasteiger charge is 2.13. The van der Waals surface area contributed by atoms with E-state index >= 15 is 0 Å². The molecule has 0 saturated heterocycles. The number of hydrogen-bond donors (Lipinski definition) is 2. The third-order valence-corrected chi connectivity index (χ3v) is 3.57. The topological polar surface area (TPSA) is 68.8 Å². The van der Waals surface area contributed by atoms with Crippen LogP contribution >= 0.6 is 0 Å². The van der Waals surface area contributed by atoms with Crippen molar-refractivity contribution < 1.29 is 19.0 Å². The number of carbonyl (C=O) groups excluding carboxylic acids is 1. The quantitative estimate of drug-likeness (QED) is 0.800. The van der Waals surface area contributed by atoms with Gasteiger partial charge in [0.25, 0.3) is 0 Å². The van der Waals surface area contributed by atoms with E-state index in [4.69, 9.17) is 14.2 Å². The van der Waals surface area contributed by atoms with Gasteiger partial charge in [-0.15, -0.1) is 0 Å². The Bertz CT molecular complexity index is 701. The van der Waals surface area contributed by atoms with E-state index in [1.165, 1.54) is 5.56 Å². The lowest BCUT2D eigenvalue weighted by Gasteiger charge is -2.09. The van der Waals surface area contributed by atoms with E-state index in [9.17, 15) is 4.79 Å². The number of rotatable bonds is 6. The van der Waals surface area contributed by atoms with Crippen LogP contribution in [0, 0.1) is 6.92 Å². The highest BCUT2D eigenvalue weighted by Crippen LogP contribution is 2.34. The average molecular weight is 328 g/mol. The van der Waals surface area contributed by atoms with Crippen LogP contribution in [0.1, 0.15) is 11.1 Å². The molecule has 1 aliphatic heterocycles. The van der Waals surface area contributed by atoms with Crippen LogP contribution in [0.3, 0.4) is 0 Å². The second-order valence-corrected chi connectivity index (χ2v) is 5.46. The first kappa shape index (κ1) is 16.0.